The molecule has 0 radical (unpaired) electrons. The van der Waals surface area contributed by atoms with E-state index in [1.165, 1.54) is 0 Å². The molecule has 5 nitrogen and oxygen atoms in total. The molecule has 1 aromatic rings. The van der Waals surface area contributed by atoms with Gasteiger partial charge in [0.1, 0.15) is 0 Å². The summed E-state index contributed by atoms with van der Waals surface area (Å²) < 4.78 is 11.1. The van der Waals surface area contributed by atoms with E-state index in [0.717, 1.165) is 37.7 Å². The van der Waals surface area contributed by atoms with Gasteiger partial charge >= 0.3 is 0 Å². The molecule has 3 N–H and O–H groups in total. The summed E-state index contributed by atoms with van der Waals surface area (Å²) in [6.07, 6.45) is 4.80. The Labute approximate surface area is 157 Å². The lowest BCUT2D eigenvalue weighted by molar-refractivity contribution is -0.128. The fraction of sp³-hybridized carbons (Fsp3) is 0.632. The number of hydrogen-bond donors (Lipinski definition) is 2. The number of amides is 1. The highest BCUT2D eigenvalue weighted by atomic mass is 35.5. The van der Waals surface area contributed by atoms with Crippen molar-refractivity contribution in [3.63, 3.8) is 0 Å². The third-order valence-electron chi connectivity index (χ3n) is 4.60. The van der Waals surface area contributed by atoms with E-state index in [4.69, 9.17) is 15.2 Å². The molecule has 1 fully saturated rings. The van der Waals surface area contributed by atoms with Gasteiger partial charge in [0.25, 0.3) is 0 Å². The van der Waals surface area contributed by atoms with Gasteiger partial charge in [-0.05, 0) is 51.3 Å². The van der Waals surface area contributed by atoms with Gasteiger partial charge in [0.2, 0.25) is 5.91 Å². The van der Waals surface area contributed by atoms with Crippen LogP contribution >= 0.6 is 12.4 Å². The molecule has 0 bridgehead atoms. The van der Waals surface area contributed by atoms with Crippen molar-refractivity contribution in [2.45, 2.75) is 70.6 Å². The number of halogens is 1. The van der Waals surface area contributed by atoms with Crippen LogP contribution < -0.4 is 20.5 Å². The molecule has 1 aliphatic rings. The Morgan fingerprint density at radius 3 is 2.36 bits per heavy atom. The second-order valence-electron chi connectivity index (χ2n) is 6.99. The van der Waals surface area contributed by atoms with E-state index in [1.54, 1.807) is 7.11 Å². The Morgan fingerprint density at radius 2 is 1.80 bits per heavy atom. The molecule has 2 rings (SSSR count). The van der Waals surface area contributed by atoms with E-state index in [2.05, 4.69) is 5.32 Å². The van der Waals surface area contributed by atoms with Crippen molar-refractivity contribution >= 4 is 18.3 Å². The average molecular weight is 371 g/mol. The molecule has 25 heavy (non-hydrogen) atoms. The van der Waals surface area contributed by atoms with Crippen LogP contribution in [0, 0.1) is 0 Å². The van der Waals surface area contributed by atoms with Crippen LogP contribution in [0.4, 0.5) is 0 Å². The predicted molar refractivity (Wildman–Crippen MR) is 103 cm³/mol. The minimum Gasteiger partial charge on any atom is -0.493 e. The van der Waals surface area contributed by atoms with E-state index in [0.29, 0.717) is 11.5 Å². The topological polar surface area (TPSA) is 73.6 Å². The molecule has 1 unspecified atom stereocenters. The summed E-state index contributed by atoms with van der Waals surface area (Å²) in [5, 5.41) is 3.06. The molecule has 1 amide bonds. The molecule has 6 heteroatoms. The summed E-state index contributed by atoms with van der Waals surface area (Å²) in [6.45, 7) is 5.91. The molecule has 0 spiro atoms. The maximum Gasteiger partial charge on any atom is 0.240 e. The number of carbonyl (C=O) groups excluding carboxylic acids is 1. The monoisotopic (exact) mass is 370 g/mol. The Bertz CT molecular complexity index is 572. The third-order valence-corrected chi connectivity index (χ3v) is 4.60. The van der Waals surface area contributed by atoms with Gasteiger partial charge < -0.3 is 20.5 Å². The minimum atomic E-state index is -0.725. The summed E-state index contributed by atoms with van der Waals surface area (Å²) in [5.74, 6) is 1.32. The molecule has 0 heterocycles. The first kappa shape index (κ1) is 21.6. The van der Waals surface area contributed by atoms with E-state index < -0.39 is 5.54 Å². The molecule has 0 saturated heterocycles. The second-order valence-corrected chi connectivity index (χ2v) is 6.99. The fourth-order valence-corrected chi connectivity index (χ4v) is 3.14. The standard InChI is InChI=1S/C19H30N2O3.ClH/c1-13(2)24-16-9-8-15(12-17(16)23-4)14(3)21-18(22)19(20)10-6-5-7-11-19;/h8-9,12-14H,5-7,10-11,20H2,1-4H3,(H,21,22);1H. The maximum atomic E-state index is 12.6. The number of methoxy groups -OCH3 is 1. The molecule has 1 atom stereocenters. The molecule has 1 aromatic carbocycles. The van der Waals surface area contributed by atoms with Gasteiger partial charge in [-0.25, -0.2) is 0 Å². The zero-order valence-corrected chi connectivity index (χ0v) is 16.4. The first-order valence-electron chi connectivity index (χ1n) is 8.80. The van der Waals surface area contributed by atoms with Crippen LogP contribution in [-0.2, 0) is 4.79 Å². The number of carbonyl (C=O) groups is 1. The van der Waals surface area contributed by atoms with Crippen molar-refractivity contribution in [3.05, 3.63) is 23.8 Å². The zero-order valence-electron chi connectivity index (χ0n) is 15.6. The molecule has 142 valence electrons. The zero-order chi connectivity index (χ0) is 17.7. The molecule has 0 aliphatic heterocycles. The van der Waals surface area contributed by atoms with E-state index in [9.17, 15) is 4.79 Å². The predicted octanol–water partition coefficient (Wildman–Crippen LogP) is 3.74. The number of rotatable bonds is 6. The number of ether oxygens (including phenoxy) is 2. The van der Waals surface area contributed by atoms with Gasteiger partial charge in [0.05, 0.1) is 24.8 Å². The summed E-state index contributed by atoms with van der Waals surface area (Å²) in [7, 11) is 1.62. The van der Waals surface area contributed by atoms with Gasteiger partial charge in [-0.2, -0.15) is 0 Å². The van der Waals surface area contributed by atoms with Crippen molar-refractivity contribution in [2.75, 3.05) is 7.11 Å². The van der Waals surface area contributed by atoms with Gasteiger partial charge in [-0.3, -0.25) is 4.79 Å². The first-order chi connectivity index (χ1) is 11.4. The lowest BCUT2D eigenvalue weighted by Crippen LogP contribution is -2.55. The van der Waals surface area contributed by atoms with Crippen LogP contribution in [0.5, 0.6) is 11.5 Å². The van der Waals surface area contributed by atoms with Crippen molar-refractivity contribution in [2.24, 2.45) is 5.73 Å². The van der Waals surface area contributed by atoms with Crippen LogP contribution in [0.2, 0.25) is 0 Å². The number of nitrogens with two attached hydrogens (primary N) is 1. The summed E-state index contributed by atoms with van der Waals surface area (Å²) >= 11 is 0. The number of hydrogen-bond acceptors (Lipinski definition) is 4. The highest BCUT2D eigenvalue weighted by Crippen LogP contribution is 2.32. The Kier molecular flexibility index (Phi) is 8.03. The van der Waals surface area contributed by atoms with Crippen molar-refractivity contribution < 1.29 is 14.3 Å². The van der Waals surface area contributed by atoms with Crippen molar-refractivity contribution in [1.29, 1.82) is 0 Å². The van der Waals surface area contributed by atoms with Crippen LogP contribution in [-0.4, -0.2) is 24.7 Å². The lowest BCUT2D eigenvalue weighted by atomic mass is 9.81. The average Bonchev–Trinajstić information content (AvgIpc) is 2.55. The van der Waals surface area contributed by atoms with Gasteiger partial charge in [-0.15, -0.1) is 12.4 Å². The van der Waals surface area contributed by atoms with Crippen molar-refractivity contribution in [1.82, 2.24) is 5.32 Å². The van der Waals surface area contributed by atoms with Gasteiger partial charge in [0.15, 0.2) is 11.5 Å². The van der Waals surface area contributed by atoms with E-state index in [1.807, 2.05) is 39.0 Å². The molecule has 1 saturated carbocycles. The van der Waals surface area contributed by atoms with E-state index in [-0.39, 0.29) is 30.5 Å². The molecule has 1 aliphatic carbocycles. The Morgan fingerprint density at radius 1 is 1.16 bits per heavy atom. The Hall–Kier alpha value is -1.46. The second kappa shape index (κ2) is 9.30. The van der Waals surface area contributed by atoms with E-state index >= 15 is 0 Å². The lowest BCUT2D eigenvalue weighted by Gasteiger charge is -2.33. The highest BCUT2D eigenvalue weighted by Gasteiger charge is 2.35. The maximum absolute atomic E-state index is 12.6. The minimum absolute atomic E-state index is 0. The fourth-order valence-electron chi connectivity index (χ4n) is 3.14. The largest absolute Gasteiger partial charge is 0.493 e. The SMILES string of the molecule is COc1cc(C(C)NC(=O)C2(N)CCCCC2)ccc1OC(C)C.Cl. The van der Waals surface area contributed by atoms with Gasteiger partial charge in [0, 0.05) is 0 Å². The van der Waals surface area contributed by atoms with Crippen LogP contribution in [0.1, 0.15) is 64.5 Å². The summed E-state index contributed by atoms with van der Waals surface area (Å²) in [6, 6.07) is 5.61. The first-order valence-corrected chi connectivity index (χ1v) is 8.80. The van der Waals surface area contributed by atoms with Crippen LogP contribution in [0.25, 0.3) is 0 Å². The third kappa shape index (κ3) is 5.51. The quantitative estimate of drug-likeness (QED) is 0.799. The molecule has 0 aromatic heterocycles. The van der Waals surface area contributed by atoms with Crippen LogP contribution in [0.3, 0.4) is 0 Å². The number of benzene rings is 1. The summed E-state index contributed by atoms with van der Waals surface area (Å²) in [4.78, 5) is 12.6. The smallest absolute Gasteiger partial charge is 0.240 e. The normalized spacial score (nSPS) is 17.4. The van der Waals surface area contributed by atoms with Gasteiger partial charge in [-0.1, -0.05) is 25.3 Å². The number of nitrogens with one attached hydrogen (secondary N) is 1. The molecular weight excluding hydrogens is 340 g/mol. The highest BCUT2D eigenvalue weighted by molar-refractivity contribution is 5.86. The Balaban J connectivity index is 0.00000312. The molecular formula is C19H31ClN2O3. The summed E-state index contributed by atoms with van der Waals surface area (Å²) in [5.41, 5.74) is 6.55. The van der Waals surface area contributed by atoms with Crippen molar-refractivity contribution in [3.8, 4) is 11.5 Å². The van der Waals surface area contributed by atoms with Crippen LogP contribution in [0.15, 0.2) is 18.2 Å².